The van der Waals surface area contributed by atoms with Crippen LogP contribution in [0.2, 0.25) is 10.2 Å². The topological polar surface area (TPSA) is 70.3 Å². The van der Waals surface area contributed by atoms with Gasteiger partial charge in [-0.15, -0.1) is 0 Å². The molecule has 0 fully saturated rings. The van der Waals surface area contributed by atoms with Gasteiger partial charge in [0, 0.05) is 17.6 Å². The summed E-state index contributed by atoms with van der Waals surface area (Å²) in [5, 5.41) is 0.601. The van der Waals surface area contributed by atoms with E-state index in [0.29, 0.717) is 5.02 Å². The van der Waals surface area contributed by atoms with E-state index in [-0.39, 0.29) is 18.2 Å². The Hall–Kier alpha value is -2.05. The van der Waals surface area contributed by atoms with Crippen LogP contribution in [0.1, 0.15) is 19.4 Å². The van der Waals surface area contributed by atoms with Crippen LogP contribution in [-0.2, 0) is 22.6 Å². The highest BCUT2D eigenvalue weighted by molar-refractivity contribution is 6.30. The molecular formula is C17H18Cl2N2O4. The molecule has 6 nitrogen and oxygen atoms in total. The number of rotatable bonds is 5. The van der Waals surface area contributed by atoms with Crippen LogP contribution in [0.5, 0.6) is 0 Å². The molecular weight excluding hydrogens is 367 g/mol. The van der Waals surface area contributed by atoms with Crippen molar-refractivity contribution in [1.29, 1.82) is 0 Å². The number of methoxy groups -OCH3 is 1. The summed E-state index contributed by atoms with van der Waals surface area (Å²) < 4.78 is 6.97. The number of halogens is 2. The third-order valence-electron chi connectivity index (χ3n) is 3.77. The smallest absolute Gasteiger partial charge is 0.332 e. The van der Waals surface area contributed by atoms with Crippen molar-refractivity contribution in [3.8, 4) is 0 Å². The third-order valence-corrected chi connectivity index (χ3v) is 4.34. The molecule has 0 amide bonds. The van der Waals surface area contributed by atoms with Crippen molar-refractivity contribution < 1.29 is 9.53 Å². The first kappa shape index (κ1) is 19.3. The maximum absolute atomic E-state index is 12.7. The maximum Gasteiger partial charge on any atom is 0.332 e. The van der Waals surface area contributed by atoms with Gasteiger partial charge in [0.25, 0.3) is 5.56 Å². The van der Waals surface area contributed by atoms with Crippen molar-refractivity contribution in [2.75, 3.05) is 7.11 Å². The number of carbonyl (C=O) groups is 1. The Balaban J connectivity index is 2.46. The van der Waals surface area contributed by atoms with Gasteiger partial charge >= 0.3 is 11.7 Å². The fourth-order valence-electron chi connectivity index (χ4n) is 2.39. The van der Waals surface area contributed by atoms with Crippen LogP contribution < -0.4 is 11.2 Å². The van der Waals surface area contributed by atoms with Gasteiger partial charge in [-0.25, -0.2) is 4.79 Å². The lowest BCUT2D eigenvalue weighted by Gasteiger charge is -2.22. The molecule has 1 aromatic carbocycles. The molecule has 0 bridgehead atoms. The van der Waals surface area contributed by atoms with Gasteiger partial charge in [-0.2, -0.15) is 0 Å². The van der Waals surface area contributed by atoms with Gasteiger partial charge in [0.2, 0.25) is 0 Å². The molecule has 0 saturated heterocycles. The van der Waals surface area contributed by atoms with Gasteiger partial charge in [0.1, 0.15) is 5.15 Å². The van der Waals surface area contributed by atoms with E-state index in [2.05, 4.69) is 0 Å². The first-order chi connectivity index (χ1) is 11.7. The van der Waals surface area contributed by atoms with Crippen molar-refractivity contribution in [3.05, 3.63) is 66.9 Å². The lowest BCUT2D eigenvalue weighted by molar-refractivity contribution is -0.151. The Kier molecular flexibility index (Phi) is 5.75. The van der Waals surface area contributed by atoms with Gasteiger partial charge < -0.3 is 4.74 Å². The molecule has 0 aliphatic heterocycles. The van der Waals surface area contributed by atoms with Crippen LogP contribution >= 0.6 is 23.2 Å². The number of esters is 1. The molecule has 0 aliphatic carbocycles. The number of carbonyl (C=O) groups excluding carboxylic acids is 1. The van der Waals surface area contributed by atoms with Crippen LogP contribution in [0.15, 0.2) is 39.9 Å². The van der Waals surface area contributed by atoms with Crippen LogP contribution in [0.25, 0.3) is 0 Å². The quantitative estimate of drug-likeness (QED) is 0.586. The molecule has 0 spiro atoms. The van der Waals surface area contributed by atoms with E-state index >= 15 is 0 Å². The summed E-state index contributed by atoms with van der Waals surface area (Å²) in [6.45, 7) is 3.26. The molecule has 2 rings (SSSR count). The Morgan fingerprint density at radius 3 is 2.28 bits per heavy atom. The van der Waals surface area contributed by atoms with E-state index in [1.54, 1.807) is 38.1 Å². The Morgan fingerprint density at radius 2 is 1.72 bits per heavy atom. The van der Waals surface area contributed by atoms with Crippen LogP contribution in [0.3, 0.4) is 0 Å². The average molecular weight is 385 g/mol. The summed E-state index contributed by atoms with van der Waals surface area (Å²) in [7, 11) is 1.26. The predicted octanol–water partition coefficient (Wildman–Crippen LogP) is 2.56. The number of hydrogen-bond donors (Lipinski definition) is 0. The molecule has 134 valence electrons. The molecule has 2 aromatic rings. The highest BCUT2D eigenvalue weighted by atomic mass is 35.5. The normalized spacial score (nSPS) is 11.4. The predicted molar refractivity (Wildman–Crippen MR) is 96.3 cm³/mol. The van der Waals surface area contributed by atoms with Gasteiger partial charge in [0.05, 0.1) is 19.1 Å². The van der Waals surface area contributed by atoms with E-state index in [4.69, 9.17) is 27.9 Å². The van der Waals surface area contributed by atoms with E-state index in [1.165, 1.54) is 11.7 Å². The number of nitrogens with zero attached hydrogens (tertiary/aromatic N) is 2. The van der Waals surface area contributed by atoms with Crippen LogP contribution in [0.4, 0.5) is 0 Å². The second-order valence-corrected chi connectivity index (χ2v) is 7.09. The molecule has 0 unspecified atom stereocenters. The lowest BCUT2D eigenvalue weighted by Crippen LogP contribution is -2.45. The molecule has 25 heavy (non-hydrogen) atoms. The standard InChI is InChI=1S/C17H18Cl2N2O4/c1-17(2,15(23)25-3)10-21-14(22)8-13(19)20(16(21)24)9-11-4-6-12(18)7-5-11/h4-8H,9-10H2,1-3H3. The zero-order chi connectivity index (χ0) is 18.8. The molecule has 1 heterocycles. The van der Waals surface area contributed by atoms with E-state index in [1.807, 2.05) is 0 Å². The third kappa shape index (κ3) is 4.32. The number of hydrogen-bond acceptors (Lipinski definition) is 4. The molecule has 1 aromatic heterocycles. The number of ether oxygens (including phenoxy) is 1. The molecule has 8 heteroatoms. The second-order valence-electron chi connectivity index (χ2n) is 6.26. The maximum atomic E-state index is 12.7. The van der Waals surface area contributed by atoms with Gasteiger partial charge in [-0.1, -0.05) is 35.3 Å². The van der Waals surface area contributed by atoms with Crippen LogP contribution in [0, 0.1) is 5.41 Å². The fourth-order valence-corrected chi connectivity index (χ4v) is 2.74. The molecule has 0 atom stereocenters. The Labute approximate surface area is 154 Å². The van der Waals surface area contributed by atoms with E-state index < -0.39 is 22.6 Å². The number of benzene rings is 1. The van der Waals surface area contributed by atoms with E-state index in [0.717, 1.165) is 16.2 Å². The molecule has 0 N–H and O–H groups in total. The summed E-state index contributed by atoms with van der Waals surface area (Å²) in [5.74, 6) is -0.516. The summed E-state index contributed by atoms with van der Waals surface area (Å²) in [6, 6.07) is 8.09. The lowest BCUT2D eigenvalue weighted by atomic mass is 9.93. The summed E-state index contributed by atoms with van der Waals surface area (Å²) >= 11 is 11.9. The Morgan fingerprint density at radius 1 is 1.12 bits per heavy atom. The minimum atomic E-state index is -1.04. The monoisotopic (exact) mass is 384 g/mol. The molecule has 0 aliphatic rings. The van der Waals surface area contributed by atoms with Gasteiger partial charge in [0.15, 0.2) is 0 Å². The van der Waals surface area contributed by atoms with Crippen molar-refractivity contribution in [2.24, 2.45) is 5.41 Å². The van der Waals surface area contributed by atoms with Gasteiger partial charge in [-0.05, 0) is 31.5 Å². The summed E-state index contributed by atoms with van der Waals surface area (Å²) in [5.41, 5.74) is -1.40. The average Bonchev–Trinajstić information content (AvgIpc) is 2.56. The van der Waals surface area contributed by atoms with Crippen molar-refractivity contribution in [3.63, 3.8) is 0 Å². The highest BCUT2D eigenvalue weighted by Crippen LogP contribution is 2.19. The van der Waals surface area contributed by atoms with Crippen molar-refractivity contribution in [1.82, 2.24) is 9.13 Å². The van der Waals surface area contributed by atoms with Gasteiger partial charge in [-0.3, -0.25) is 18.7 Å². The van der Waals surface area contributed by atoms with Crippen molar-refractivity contribution in [2.45, 2.75) is 26.9 Å². The second kappa shape index (κ2) is 7.45. The van der Waals surface area contributed by atoms with E-state index in [9.17, 15) is 14.4 Å². The van der Waals surface area contributed by atoms with Crippen molar-refractivity contribution >= 4 is 29.2 Å². The summed E-state index contributed by atoms with van der Waals surface area (Å²) in [4.78, 5) is 36.8. The molecule has 0 saturated carbocycles. The number of aromatic nitrogens is 2. The Bertz CT molecular complexity index is 898. The molecule has 0 radical (unpaired) electrons. The zero-order valence-electron chi connectivity index (χ0n) is 14.1. The highest BCUT2D eigenvalue weighted by Gasteiger charge is 2.31. The van der Waals surface area contributed by atoms with Crippen LogP contribution in [-0.4, -0.2) is 22.2 Å². The zero-order valence-corrected chi connectivity index (χ0v) is 15.6. The summed E-state index contributed by atoms with van der Waals surface area (Å²) in [6.07, 6.45) is 0. The fraction of sp³-hybridized carbons (Fsp3) is 0.353. The SMILES string of the molecule is COC(=O)C(C)(C)Cn1c(=O)cc(Cl)n(Cc2ccc(Cl)cc2)c1=O. The largest absolute Gasteiger partial charge is 0.469 e. The first-order valence-corrected chi connectivity index (χ1v) is 8.24. The minimum Gasteiger partial charge on any atom is -0.469 e. The first-order valence-electron chi connectivity index (χ1n) is 7.49. The minimum absolute atomic E-state index is 0.0251.